The molecule has 24 heavy (non-hydrogen) atoms. The van der Waals surface area contributed by atoms with Gasteiger partial charge in [0.1, 0.15) is 0 Å². The van der Waals surface area contributed by atoms with Crippen LogP contribution in [0.4, 0.5) is 5.69 Å². The maximum atomic E-state index is 12.5. The molecule has 0 spiro atoms. The molecule has 2 atom stereocenters. The molecule has 2 saturated carbocycles. The highest BCUT2D eigenvalue weighted by Gasteiger charge is 2.27. The maximum absolute atomic E-state index is 12.5. The van der Waals surface area contributed by atoms with Gasteiger partial charge in [-0.2, -0.15) is 0 Å². The molecule has 2 fully saturated rings. The van der Waals surface area contributed by atoms with E-state index in [1.807, 2.05) is 0 Å². The number of anilines is 1. The van der Waals surface area contributed by atoms with E-state index >= 15 is 0 Å². The number of carbonyl (C=O) groups excluding carboxylic acids is 2. The minimum Gasteiger partial charge on any atom is -0.352 e. The van der Waals surface area contributed by atoms with Crippen LogP contribution in [0.25, 0.3) is 0 Å². The van der Waals surface area contributed by atoms with Crippen LogP contribution in [-0.2, 0) is 4.79 Å². The summed E-state index contributed by atoms with van der Waals surface area (Å²) in [5.41, 5.74) is 6.89. The van der Waals surface area contributed by atoms with E-state index in [1.54, 1.807) is 18.2 Å². The number of amides is 2. The van der Waals surface area contributed by atoms with Crippen molar-refractivity contribution in [2.45, 2.75) is 44.6 Å². The summed E-state index contributed by atoms with van der Waals surface area (Å²) in [5.74, 6) is 0.241. The fraction of sp³-hybridized carbons (Fsp3) is 0.556. The fourth-order valence-corrected chi connectivity index (χ4v) is 3.34. The lowest BCUT2D eigenvalue weighted by molar-refractivity contribution is -0.120. The van der Waals surface area contributed by atoms with Gasteiger partial charge in [0.2, 0.25) is 5.91 Å². The van der Waals surface area contributed by atoms with Crippen LogP contribution in [0.5, 0.6) is 0 Å². The van der Waals surface area contributed by atoms with Crippen LogP contribution in [-0.4, -0.2) is 24.4 Å². The second-order valence-electron chi connectivity index (χ2n) is 6.96. The summed E-state index contributed by atoms with van der Waals surface area (Å²) in [5, 5.41) is 6.29. The molecule has 6 heteroatoms. The smallest absolute Gasteiger partial charge is 0.253 e. The molecule has 2 unspecified atom stereocenters. The monoisotopic (exact) mass is 349 g/mol. The molecule has 1 aromatic carbocycles. The highest BCUT2D eigenvalue weighted by Crippen LogP contribution is 2.29. The first-order valence-corrected chi connectivity index (χ1v) is 9.05. The van der Waals surface area contributed by atoms with Gasteiger partial charge >= 0.3 is 0 Å². The number of nitrogens with one attached hydrogen (secondary N) is 2. The van der Waals surface area contributed by atoms with Gasteiger partial charge in [-0.1, -0.05) is 18.0 Å². The number of hydrogen-bond acceptors (Lipinski definition) is 3. The molecule has 0 radical (unpaired) electrons. The third-order valence-electron chi connectivity index (χ3n) is 4.82. The molecule has 0 aromatic heterocycles. The standard InChI is InChI=1S/C18H24ClN3O2/c19-13-6-7-16(15(9-13)18(24)21-10-11-4-5-11)22-17(23)12-2-1-3-14(20)8-12/h6-7,9,11-12,14H,1-5,8,10,20H2,(H,21,24)(H,22,23). The van der Waals surface area contributed by atoms with Crippen LogP contribution >= 0.6 is 11.6 Å². The topological polar surface area (TPSA) is 84.2 Å². The van der Waals surface area contributed by atoms with Gasteiger partial charge in [-0.25, -0.2) is 0 Å². The van der Waals surface area contributed by atoms with Crippen molar-refractivity contribution in [2.75, 3.05) is 11.9 Å². The van der Waals surface area contributed by atoms with Gasteiger partial charge in [0.25, 0.3) is 5.91 Å². The zero-order valence-electron chi connectivity index (χ0n) is 13.7. The molecule has 2 amide bonds. The van der Waals surface area contributed by atoms with Crippen LogP contribution in [0.3, 0.4) is 0 Å². The van der Waals surface area contributed by atoms with Crippen molar-refractivity contribution in [2.24, 2.45) is 17.6 Å². The molecule has 130 valence electrons. The maximum Gasteiger partial charge on any atom is 0.253 e. The number of hydrogen-bond donors (Lipinski definition) is 3. The summed E-state index contributed by atoms with van der Waals surface area (Å²) in [6.07, 6.45) is 5.82. The predicted molar refractivity (Wildman–Crippen MR) is 95.1 cm³/mol. The van der Waals surface area contributed by atoms with Gasteiger partial charge in [0.05, 0.1) is 11.3 Å². The van der Waals surface area contributed by atoms with Gasteiger partial charge in [-0.15, -0.1) is 0 Å². The zero-order valence-corrected chi connectivity index (χ0v) is 14.4. The Labute approximate surface area is 147 Å². The van der Waals surface area contributed by atoms with Gasteiger partial charge in [0.15, 0.2) is 0 Å². The Morgan fingerprint density at radius 2 is 2.00 bits per heavy atom. The Morgan fingerprint density at radius 3 is 2.71 bits per heavy atom. The van der Waals surface area contributed by atoms with Gasteiger partial charge in [-0.05, 0) is 56.2 Å². The first kappa shape index (κ1) is 17.2. The first-order chi connectivity index (χ1) is 11.5. The minimum atomic E-state index is -0.194. The SMILES string of the molecule is NC1CCCC(C(=O)Nc2ccc(Cl)cc2C(=O)NCC2CC2)C1. The van der Waals surface area contributed by atoms with E-state index in [-0.39, 0.29) is 23.8 Å². The summed E-state index contributed by atoms with van der Waals surface area (Å²) in [6.45, 7) is 0.677. The number of carbonyl (C=O) groups is 2. The average molecular weight is 350 g/mol. The van der Waals surface area contributed by atoms with Crippen molar-refractivity contribution >= 4 is 29.1 Å². The van der Waals surface area contributed by atoms with Crippen LogP contribution in [0, 0.1) is 11.8 Å². The Kier molecular flexibility index (Phi) is 5.41. The number of rotatable bonds is 5. The van der Waals surface area contributed by atoms with Crippen molar-refractivity contribution in [3.8, 4) is 0 Å². The van der Waals surface area contributed by atoms with Crippen molar-refractivity contribution in [3.63, 3.8) is 0 Å². The van der Waals surface area contributed by atoms with Crippen LogP contribution in [0.2, 0.25) is 5.02 Å². The highest BCUT2D eigenvalue weighted by molar-refractivity contribution is 6.31. The summed E-state index contributed by atoms with van der Waals surface area (Å²) in [4.78, 5) is 24.9. The van der Waals surface area contributed by atoms with E-state index in [2.05, 4.69) is 10.6 Å². The van der Waals surface area contributed by atoms with Crippen molar-refractivity contribution in [1.82, 2.24) is 5.32 Å². The summed E-state index contributed by atoms with van der Waals surface area (Å²) in [6, 6.07) is 5.06. The summed E-state index contributed by atoms with van der Waals surface area (Å²) in [7, 11) is 0. The van der Waals surface area contributed by atoms with Gasteiger partial charge < -0.3 is 16.4 Å². The Balaban J connectivity index is 1.69. The number of nitrogens with two attached hydrogens (primary N) is 1. The van der Waals surface area contributed by atoms with Gasteiger partial charge in [0, 0.05) is 23.5 Å². The molecule has 4 N–H and O–H groups in total. The molecule has 2 aliphatic rings. The zero-order chi connectivity index (χ0) is 17.1. The van der Waals surface area contributed by atoms with E-state index in [1.165, 1.54) is 12.8 Å². The largest absolute Gasteiger partial charge is 0.352 e. The van der Waals surface area contributed by atoms with E-state index in [4.69, 9.17) is 17.3 Å². The Bertz CT molecular complexity index is 631. The van der Waals surface area contributed by atoms with Crippen LogP contribution in [0.1, 0.15) is 48.9 Å². The molecule has 5 nitrogen and oxygen atoms in total. The molecule has 0 saturated heterocycles. The fourth-order valence-electron chi connectivity index (χ4n) is 3.17. The third-order valence-corrected chi connectivity index (χ3v) is 5.05. The average Bonchev–Trinajstić information content (AvgIpc) is 3.38. The quantitative estimate of drug-likeness (QED) is 0.764. The molecule has 0 bridgehead atoms. The molecule has 3 rings (SSSR count). The molecular weight excluding hydrogens is 326 g/mol. The number of halogens is 1. The van der Waals surface area contributed by atoms with Crippen molar-refractivity contribution in [3.05, 3.63) is 28.8 Å². The van der Waals surface area contributed by atoms with Crippen molar-refractivity contribution < 1.29 is 9.59 Å². The van der Waals surface area contributed by atoms with E-state index in [0.29, 0.717) is 35.2 Å². The lowest BCUT2D eigenvalue weighted by atomic mass is 9.85. The minimum absolute atomic E-state index is 0.0660. The lowest BCUT2D eigenvalue weighted by Crippen LogP contribution is -2.35. The molecule has 0 heterocycles. The summed E-state index contributed by atoms with van der Waals surface area (Å²) < 4.78 is 0. The second-order valence-corrected chi connectivity index (χ2v) is 7.39. The first-order valence-electron chi connectivity index (χ1n) is 8.67. The van der Waals surface area contributed by atoms with Gasteiger partial charge in [-0.3, -0.25) is 9.59 Å². The highest BCUT2D eigenvalue weighted by atomic mass is 35.5. The van der Waals surface area contributed by atoms with Crippen LogP contribution in [0.15, 0.2) is 18.2 Å². The Morgan fingerprint density at radius 1 is 1.21 bits per heavy atom. The molecule has 2 aliphatic carbocycles. The Hall–Kier alpha value is -1.59. The van der Waals surface area contributed by atoms with Crippen LogP contribution < -0.4 is 16.4 Å². The van der Waals surface area contributed by atoms with E-state index < -0.39 is 0 Å². The summed E-state index contributed by atoms with van der Waals surface area (Å²) >= 11 is 6.03. The normalized spacial score (nSPS) is 23.6. The third kappa shape index (κ3) is 4.48. The second kappa shape index (κ2) is 7.53. The lowest BCUT2D eigenvalue weighted by Gasteiger charge is -2.26. The molecular formula is C18H24ClN3O2. The van der Waals surface area contributed by atoms with E-state index in [0.717, 1.165) is 19.3 Å². The number of benzene rings is 1. The molecule has 1 aromatic rings. The van der Waals surface area contributed by atoms with E-state index in [9.17, 15) is 9.59 Å². The predicted octanol–water partition coefficient (Wildman–Crippen LogP) is 2.94. The molecule has 0 aliphatic heterocycles. The van der Waals surface area contributed by atoms with Crippen molar-refractivity contribution in [1.29, 1.82) is 0 Å².